The van der Waals surface area contributed by atoms with Crippen molar-refractivity contribution in [3.63, 3.8) is 0 Å². The molecule has 5 heteroatoms. The van der Waals surface area contributed by atoms with E-state index < -0.39 is 28.3 Å². The van der Waals surface area contributed by atoms with Gasteiger partial charge in [0.05, 0.1) is 6.61 Å². The van der Waals surface area contributed by atoms with Crippen LogP contribution in [0, 0.1) is 17.5 Å². The number of benzene rings is 8. The summed E-state index contributed by atoms with van der Waals surface area (Å²) in [6, 6.07) is 39.0. The minimum Gasteiger partial charge on any atom is -0.462 e. The van der Waals surface area contributed by atoms with Gasteiger partial charge in [0.25, 0.3) is 0 Å². The first-order valence-electron chi connectivity index (χ1n) is 23.3. The molecule has 0 bridgehead atoms. The average molecular weight is 877 g/mol. The third-order valence-corrected chi connectivity index (χ3v) is 15.0. The lowest BCUT2D eigenvalue weighted by Gasteiger charge is -2.35. The number of esters is 1. The normalized spacial score (nSPS) is 15.8. The van der Waals surface area contributed by atoms with Crippen molar-refractivity contribution in [2.24, 2.45) is 0 Å². The molecule has 0 heterocycles. The summed E-state index contributed by atoms with van der Waals surface area (Å²) < 4.78 is 50.2. The number of carbonyl (C=O) groups is 1. The topological polar surface area (TPSA) is 26.3 Å². The first-order valence-corrected chi connectivity index (χ1v) is 23.3. The zero-order valence-corrected chi connectivity index (χ0v) is 39.0. The zero-order chi connectivity index (χ0) is 46.6. The van der Waals surface area contributed by atoms with Crippen LogP contribution in [0.3, 0.4) is 0 Å². The third kappa shape index (κ3) is 6.55. The van der Waals surface area contributed by atoms with Gasteiger partial charge < -0.3 is 4.74 Å². The highest BCUT2D eigenvalue weighted by molar-refractivity contribution is 6.25. The van der Waals surface area contributed by atoms with E-state index in [-0.39, 0.29) is 16.9 Å². The second-order valence-corrected chi connectivity index (χ2v) is 20.3. The Bertz CT molecular complexity index is 3340. The second kappa shape index (κ2) is 15.6. The monoisotopic (exact) mass is 876 g/mol. The molecule has 0 fully saturated rings. The van der Waals surface area contributed by atoms with Crippen LogP contribution in [0.4, 0.5) is 13.2 Å². The molecule has 0 saturated carbocycles. The summed E-state index contributed by atoms with van der Waals surface area (Å²) in [5.74, 6) is -4.14. The predicted molar refractivity (Wildman–Crippen MR) is 267 cm³/mol. The van der Waals surface area contributed by atoms with Gasteiger partial charge in [-0.05, 0) is 155 Å². The van der Waals surface area contributed by atoms with Gasteiger partial charge in [0, 0.05) is 22.0 Å². The number of ether oxygens (including phenoxy) is 1. The average Bonchev–Trinajstić information content (AvgIpc) is 3.70. The molecule has 1 unspecified atom stereocenters. The first kappa shape index (κ1) is 43.4. The molecule has 8 aromatic rings. The van der Waals surface area contributed by atoms with Gasteiger partial charge in [-0.25, -0.2) is 18.0 Å². The summed E-state index contributed by atoms with van der Waals surface area (Å²) in [7, 11) is 0. The van der Waals surface area contributed by atoms with E-state index >= 15 is 4.39 Å². The van der Waals surface area contributed by atoms with E-state index in [9.17, 15) is 13.6 Å². The summed E-state index contributed by atoms with van der Waals surface area (Å²) in [6.07, 6.45) is 4.03. The lowest BCUT2D eigenvalue weighted by Crippen LogP contribution is -2.27. The van der Waals surface area contributed by atoms with E-state index in [0.717, 1.165) is 71.6 Å². The molecule has 10 rings (SSSR count). The Kier molecular flexibility index (Phi) is 10.3. The minimum atomic E-state index is -1.45. The molecule has 2 aliphatic carbocycles. The van der Waals surface area contributed by atoms with Crippen LogP contribution in [-0.4, -0.2) is 12.6 Å². The Hall–Kier alpha value is -6.46. The van der Waals surface area contributed by atoms with Crippen molar-refractivity contribution in [3.05, 3.63) is 179 Å². The molecule has 8 aromatic carbocycles. The summed E-state index contributed by atoms with van der Waals surface area (Å²) in [5.41, 5.74) is 12.6. The SMILES string of the molecule is C=C(C)C(=O)OCCCCCC1(C(=C)CC)c2cc(-c3ccc4c(c3)C(C)(C)c3cc(F)c(F)c(F)c3-4)ccc2-c2ccc(-c3ccc4ccc5cc(C(C)(C)C)cc6ccc3c4c56)cc21. The number of hydrogen-bond donors (Lipinski definition) is 0. The molecule has 2 aliphatic rings. The maximum absolute atomic E-state index is 15.4. The van der Waals surface area contributed by atoms with Gasteiger partial charge in [0.1, 0.15) is 0 Å². The summed E-state index contributed by atoms with van der Waals surface area (Å²) in [5, 5.41) is 7.54. The van der Waals surface area contributed by atoms with Gasteiger partial charge >= 0.3 is 5.97 Å². The number of fused-ring (bicyclic) bond motifs is 6. The fraction of sp³-hybridized carbons (Fsp3) is 0.262. The molecule has 66 heavy (non-hydrogen) atoms. The highest BCUT2D eigenvalue weighted by Gasteiger charge is 2.45. The molecule has 0 aromatic heterocycles. The van der Waals surface area contributed by atoms with E-state index in [4.69, 9.17) is 11.3 Å². The largest absolute Gasteiger partial charge is 0.462 e. The Balaban J connectivity index is 1.10. The number of carbonyl (C=O) groups excluding carboxylic acids is 1. The van der Waals surface area contributed by atoms with E-state index in [1.165, 1.54) is 60.1 Å². The molecule has 0 radical (unpaired) electrons. The van der Waals surface area contributed by atoms with Crippen molar-refractivity contribution in [2.75, 3.05) is 6.61 Å². The van der Waals surface area contributed by atoms with E-state index in [1.807, 2.05) is 26.0 Å². The predicted octanol–water partition coefficient (Wildman–Crippen LogP) is 16.9. The van der Waals surface area contributed by atoms with Crippen molar-refractivity contribution < 1.29 is 22.7 Å². The number of hydrogen-bond acceptors (Lipinski definition) is 2. The maximum Gasteiger partial charge on any atom is 0.333 e. The Labute approximate surface area is 386 Å². The lowest BCUT2D eigenvalue weighted by molar-refractivity contribution is -0.139. The van der Waals surface area contributed by atoms with E-state index in [0.29, 0.717) is 23.3 Å². The van der Waals surface area contributed by atoms with Crippen LogP contribution in [0.15, 0.2) is 133 Å². The molecule has 332 valence electrons. The Morgan fingerprint density at radius 1 is 0.621 bits per heavy atom. The molecule has 0 spiro atoms. The van der Waals surface area contributed by atoms with E-state index in [1.54, 1.807) is 6.92 Å². The minimum absolute atomic E-state index is 0.0276. The van der Waals surface area contributed by atoms with Crippen molar-refractivity contribution in [2.45, 2.75) is 96.8 Å². The van der Waals surface area contributed by atoms with Gasteiger partial charge in [0.15, 0.2) is 17.5 Å². The van der Waals surface area contributed by atoms with Crippen LogP contribution in [0.2, 0.25) is 0 Å². The van der Waals surface area contributed by atoms with Crippen molar-refractivity contribution >= 4 is 38.3 Å². The Morgan fingerprint density at radius 2 is 1.20 bits per heavy atom. The fourth-order valence-electron chi connectivity index (χ4n) is 11.3. The molecule has 2 nitrogen and oxygen atoms in total. The summed E-state index contributed by atoms with van der Waals surface area (Å²) in [4.78, 5) is 12.2. The zero-order valence-electron chi connectivity index (χ0n) is 39.0. The molecule has 0 N–H and O–H groups in total. The van der Waals surface area contributed by atoms with Gasteiger partial charge in [0.2, 0.25) is 0 Å². The number of allylic oxidation sites excluding steroid dienone is 1. The number of rotatable bonds is 11. The van der Waals surface area contributed by atoms with Crippen molar-refractivity contribution in [1.82, 2.24) is 0 Å². The Morgan fingerprint density at radius 3 is 1.85 bits per heavy atom. The maximum atomic E-state index is 15.4. The molecule has 0 saturated heterocycles. The molecular weight excluding hydrogens is 822 g/mol. The molecule has 0 aliphatic heterocycles. The highest BCUT2D eigenvalue weighted by Crippen LogP contribution is 2.58. The van der Waals surface area contributed by atoms with Crippen LogP contribution in [0.25, 0.3) is 76.8 Å². The molecule has 1 atom stereocenters. The second-order valence-electron chi connectivity index (χ2n) is 20.3. The van der Waals surface area contributed by atoms with Gasteiger partial charge in [-0.15, -0.1) is 0 Å². The fourth-order valence-corrected chi connectivity index (χ4v) is 11.3. The first-order chi connectivity index (χ1) is 31.4. The van der Waals surface area contributed by atoms with Crippen LogP contribution < -0.4 is 0 Å². The van der Waals surface area contributed by atoms with Crippen molar-refractivity contribution in [1.29, 1.82) is 0 Å². The van der Waals surface area contributed by atoms with Crippen LogP contribution in [0.5, 0.6) is 0 Å². The van der Waals surface area contributed by atoms with Gasteiger partial charge in [-0.1, -0.05) is 158 Å². The third-order valence-electron chi connectivity index (χ3n) is 15.0. The van der Waals surface area contributed by atoms with Crippen LogP contribution >= 0.6 is 0 Å². The summed E-state index contributed by atoms with van der Waals surface area (Å²) in [6.45, 7) is 23.4. The van der Waals surface area contributed by atoms with E-state index in [2.05, 4.69) is 125 Å². The van der Waals surface area contributed by atoms with Gasteiger partial charge in [-0.3, -0.25) is 0 Å². The van der Waals surface area contributed by atoms with Crippen molar-refractivity contribution in [3.8, 4) is 44.5 Å². The molecule has 0 amide bonds. The van der Waals surface area contributed by atoms with Crippen LogP contribution in [-0.2, 0) is 25.8 Å². The highest BCUT2D eigenvalue weighted by atomic mass is 19.2. The number of unbranched alkanes of at least 4 members (excludes halogenated alkanes) is 2. The quantitative estimate of drug-likeness (QED) is 0.0323. The number of halogens is 3. The molecular formula is C61H55F3O2. The summed E-state index contributed by atoms with van der Waals surface area (Å²) >= 11 is 0. The standard InChI is InChI=1S/C61H55F3O2/c1-10-35(4)61(26-12-11-13-27-66-58(65)34(2)3)49-31-38(37-18-25-47-48(30-37)60(8,9)51-33-52(62)56(63)57(64)55(47)51)17-22-44(49)45-23-19-39(32-50(45)61)43-21-16-36-14-15-40-28-42(59(5,6)7)29-41-20-24-46(43)54(36)53(40)41/h14-25,28-33H,2,4,10-13,26-27H2,1,3,5-9H3. The van der Waals surface area contributed by atoms with Gasteiger partial charge in [-0.2, -0.15) is 0 Å². The lowest BCUT2D eigenvalue weighted by atomic mass is 9.67. The smallest absolute Gasteiger partial charge is 0.333 e. The van der Waals surface area contributed by atoms with Crippen LogP contribution in [0.1, 0.15) is 108 Å².